The highest BCUT2D eigenvalue weighted by atomic mass is 32.2. The zero-order valence-electron chi connectivity index (χ0n) is 14.3. The Balaban J connectivity index is 2.09. The fraction of sp³-hybridized carbons (Fsp3) is 0.444. The fourth-order valence-corrected chi connectivity index (χ4v) is 3.71. The van der Waals surface area contributed by atoms with Crippen molar-refractivity contribution in [3.05, 3.63) is 42.0 Å². The lowest BCUT2D eigenvalue weighted by Gasteiger charge is -2.14. The summed E-state index contributed by atoms with van der Waals surface area (Å²) in [7, 11) is -3.17. The first kappa shape index (κ1) is 18.7. The van der Waals surface area contributed by atoms with Crippen molar-refractivity contribution in [1.29, 1.82) is 0 Å². The van der Waals surface area contributed by atoms with Gasteiger partial charge in [0.2, 0.25) is 10.0 Å². The van der Waals surface area contributed by atoms with Crippen molar-refractivity contribution >= 4 is 20.8 Å². The van der Waals surface area contributed by atoms with Gasteiger partial charge in [-0.1, -0.05) is 38.1 Å². The molecular weight excluding hydrogens is 324 g/mol. The number of sulfonamides is 1. The van der Waals surface area contributed by atoms with Crippen molar-refractivity contribution in [1.82, 2.24) is 4.72 Å². The van der Waals surface area contributed by atoms with Gasteiger partial charge in [-0.3, -0.25) is 0 Å². The summed E-state index contributed by atoms with van der Waals surface area (Å²) in [6.07, 6.45) is 0.619. The Hall–Kier alpha value is -1.63. The van der Waals surface area contributed by atoms with Gasteiger partial charge in [0.15, 0.2) is 0 Å². The van der Waals surface area contributed by atoms with E-state index in [2.05, 4.69) is 10.8 Å². The van der Waals surface area contributed by atoms with Crippen LogP contribution in [0.15, 0.2) is 36.4 Å². The Labute approximate surface area is 144 Å². The zero-order valence-corrected chi connectivity index (χ0v) is 15.1. The molecule has 3 N–H and O–H groups in total. The van der Waals surface area contributed by atoms with Gasteiger partial charge in [0.1, 0.15) is 12.4 Å². The maximum atomic E-state index is 11.8. The minimum absolute atomic E-state index is 0.106. The smallest absolute Gasteiger partial charge is 0.211 e. The summed E-state index contributed by atoms with van der Waals surface area (Å²) in [5.74, 6) is 1.08. The molecule has 0 saturated heterocycles. The second-order valence-electron chi connectivity index (χ2n) is 5.97. The molecule has 0 fully saturated rings. The second-order valence-corrected chi connectivity index (χ2v) is 7.90. The van der Waals surface area contributed by atoms with Gasteiger partial charge in [-0.2, -0.15) is 0 Å². The topological polar surface area (TPSA) is 81.4 Å². The molecule has 132 valence electrons. The van der Waals surface area contributed by atoms with Crippen molar-refractivity contribution in [2.24, 2.45) is 5.73 Å². The maximum Gasteiger partial charge on any atom is 0.211 e. The molecule has 0 heterocycles. The summed E-state index contributed by atoms with van der Waals surface area (Å²) < 4.78 is 31.8. The molecule has 0 aromatic heterocycles. The van der Waals surface area contributed by atoms with Crippen LogP contribution < -0.4 is 15.2 Å². The van der Waals surface area contributed by atoms with Gasteiger partial charge >= 0.3 is 0 Å². The summed E-state index contributed by atoms with van der Waals surface area (Å²) in [5.41, 5.74) is 6.55. The van der Waals surface area contributed by atoms with E-state index in [1.54, 1.807) is 0 Å². The van der Waals surface area contributed by atoms with Crippen LogP contribution >= 0.6 is 0 Å². The average molecular weight is 350 g/mol. The second kappa shape index (κ2) is 8.46. The van der Waals surface area contributed by atoms with Gasteiger partial charge in [0, 0.05) is 13.1 Å². The van der Waals surface area contributed by atoms with Crippen LogP contribution in [0.25, 0.3) is 10.8 Å². The number of ether oxygens (including phenoxy) is 1. The van der Waals surface area contributed by atoms with Crippen molar-refractivity contribution in [2.45, 2.75) is 26.2 Å². The molecule has 5 nitrogen and oxygen atoms in total. The summed E-state index contributed by atoms with van der Waals surface area (Å²) in [4.78, 5) is 0. The van der Waals surface area contributed by atoms with E-state index < -0.39 is 10.0 Å². The zero-order chi connectivity index (χ0) is 17.6. The van der Waals surface area contributed by atoms with E-state index >= 15 is 0 Å². The molecule has 0 bridgehead atoms. The lowest BCUT2D eigenvalue weighted by Crippen LogP contribution is -2.29. The van der Waals surface area contributed by atoms with Crippen LogP contribution in [0.4, 0.5) is 0 Å². The van der Waals surface area contributed by atoms with Crippen molar-refractivity contribution in [3.8, 4) is 5.75 Å². The summed E-state index contributed by atoms with van der Waals surface area (Å²) >= 11 is 0. The van der Waals surface area contributed by atoms with E-state index in [4.69, 9.17) is 10.5 Å². The molecular formula is C18H26N2O3S. The Morgan fingerprint density at radius 3 is 2.58 bits per heavy atom. The number of nitrogens with two attached hydrogens (primary N) is 1. The van der Waals surface area contributed by atoms with Crippen LogP contribution in [0.3, 0.4) is 0 Å². The Bertz CT molecular complexity index is 775. The molecule has 0 saturated carbocycles. The first-order valence-corrected chi connectivity index (χ1v) is 9.94. The number of rotatable bonds is 9. The molecule has 24 heavy (non-hydrogen) atoms. The SMILES string of the molecule is CCCS(=O)(=O)NCC(C)c1ccc2cc(OCCN)ccc2c1. The van der Waals surface area contributed by atoms with Crippen LogP contribution in [0, 0.1) is 0 Å². The van der Waals surface area contributed by atoms with E-state index in [0.29, 0.717) is 26.1 Å². The summed E-state index contributed by atoms with van der Waals surface area (Å²) in [6.45, 7) is 5.28. The van der Waals surface area contributed by atoms with Crippen LogP contribution in [-0.4, -0.2) is 33.9 Å². The van der Waals surface area contributed by atoms with Crippen molar-refractivity contribution < 1.29 is 13.2 Å². The quantitative estimate of drug-likeness (QED) is 0.728. The third-order valence-electron chi connectivity index (χ3n) is 3.87. The van der Waals surface area contributed by atoms with Gasteiger partial charge in [-0.25, -0.2) is 13.1 Å². The van der Waals surface area contributed by atoms with Crippen LogP contribution in [-0.2, 0) is 10.0 Å². The Kier molecular flexibility index (Phi) is 6.60. The van der Waals surface area contributed by atoms with Gasteiger partial charge in [-0.15, -0.1) is 0 Å². The molecule has 0 aliphatic carbocycles. The summed E-state index contributed by atoms with van der Waals surface area (Å²) in [5, 5.41) is 2.20. The predicted octanol–water partition coefficient (Wildman–Crippen LogP) is 2.61. The molecule has 1 atom stereocenters. The number of nitrogens with one attached hydrogen (secondary N) is 1. The standard InChI is InChI=1S/C18H26N2O3S/c1-3-10-24(21,22)20-13-14(2)15-4-5-17-12-18(23-9-8-19)7-6-16(17)11-15/h4-7,11-12,14,20H,3,8-10,13,19H2,1-2H3. The molecule has 2 rings (SSSR count). The third-order valence-corrected chi connectivity index (χ3v) is 5.43. The van der Waals surface area contributed by atoms with Crippen molar-refractivity contribution in [2.75, 3.05) is 25.4 Å². The number of benzene rings is 2. The van der Waals surface area contributed by atoms with E-state index in [-0.39, 0.29) is 11.7 Å². The lowest BCUT2D eigenvalue weighted by atomic mass is 9.98. The Morgan fingerprint density at radius 2 is 1.88 bits per heavy atom. The highest BCUT2D eigenvalue weighted by molar-refractivity contribution is 7.89. The monoisotopic (exact) mass is 350 g/mol. The van der Waals surface area contributed by atoms with Crippen LogP contribution in [0.1, 0.15) is 31.7 Å². The third kappa shape index (κ3) is 5.19. The van der Waals surface area contributed by atoms with E-state index in [9.17, 15) is 8.42 Å². The van der Waals surface area contributed by atoms with E-state index in [1.165, 1.54) is 0 Å². The highest BCUT2D eigenvalue weighted by Crippen LogP contribution is 2.25. The van der Waals surface area contributed by atoms with E-state index in [1.807, 2.05) is 44.2 Å². The molecule has 0 amide bonds. The molecule has 6 heteroatoms. The van der Waals surface area contributed by atoms with Crippen molar-refractivity contribution in [3.63, 3.8) is 0 Å². The molecule has 0 radical (unpaired) electrons. The first-order chi connectivity index (χ1) is 11.4. The average Bonchev–Trinajstić information content (AvgIpc) is 2.57. The molecule has 0 spiro atoms. The fourth-order valence-electron chi connectivity index (χ4n) is 2.53. The number of hydrogen-bond donors (Lipinski definition) is 2. The van der Waals surface area contributed by atoms with Gasteiger partial charge in [0.25, 0.3) is 0 Å². The largest absolute Gasteiger partial charge is 0.492 e. The maximum absolute atomic E-state index is 11.8. The van der Waals surface area contributed by atoms with Crippen LogP contribution in [0.2, 0.25) is 0 Å². The van der Waals surface area contributed by atoms with Crippen LogP contribution in [0.5, 0.6) is 5.75 Å². The van der Waals surface area contributed by atoms with Gasteiger partial charge in [-0.05, 0) is 40.8 Å². The molecule has 2 aromatic rings. The highest BCUT2D eigenvalue weighted by Gasteiger charge is 2.12. The molecule has 0 aliphatic rings. The molecule has 2 aromatic carbocycles. The summed E-state index contributed by atoms with van der Waals surface area (Å²) in [6, 6.07) is 12.1. The van der Waals surface area contributed by atoms with Gasteiger partial charge < -0.3 is 10.5 Å². The first-order valence-electron chi connectivity index (χ1n) is 8.29. The predicted molar refractivity (Wildman–Crippen MR) is 99.0 cm³/mol. The normalized spacial score (nSPS) is 13.1. The van der Waals surface area contributed by atoms with Gasteiger partial charge in [0.05, 0.1) is 5.75 Å². The van der Waals surface area contributed by atoms with E-state index in [0.717, 1.165) is 22.1 Å². The number of fused-ring (bicyclic) bond motifs is 1. The lowest BCUT2D eigenvalue weighted by molar-refractivity contribution is 0.329. The Morgan fingerprint density at radius 1 is 1.17 bits per heavy atom. The molecule has 1 unspecified atom stereocenters. The minimum Gasteiger partial charge on any atom is -0.492 e. The minimum atomic E-state index is -3.17. The molecule has 0 aliphatic heterocycles. The number of hydrogen-bond acceptors (Lipinski definition) is 4.